The predicted molar refractivity (Wildman–Crippen MR) is 220 cm³/mol. The number of primary amides is 2. The Kier molecular flexibility index (Phi) is 11.4. The Bertz CT molecular complexity index is 2600. The summed E-state index contributed by atoms with van der Waals surface area (Å²) < 4.78 is 19.6. The Balaban J connectivity index is 1.24. The summed E-state index contributed by atoms with van der Waals surface area (Å²) in [5.41, 5.74) is 16.0. The average molecular weight is 808 g/mol. The third-order valence-corrected chi connectivity index (χ3v) is 10.2. The van der Waals surface area contributed by atoms with Crippen LogP contribution in [-0.2, 0) is 19.6 Å². The lowest BCUT2D eigenvalue weighted by Crippen LogP contribution is -2.26. The highest BCUT2D eigenvalue weighted by molar-refractivity contribution is 6.05. The lowest BCUT2D eigenvalue weighted by molar-refractivity contribution is 0.0991. The number of amides is 4. The number of carbonyl (C=O) groups is 4. The van der Waals surface area contributed by atoms with Crippen molar-refractivity contribution in [3.63, 3.8) is 0 Å². The minimum atomic E-state index is -0.642. The van der Waals surface area contributed by atoms with E-state index in [1.54, 1.807) is 45.8 Å². The van der Waals surface area contributed by atoms with E-state index in [9.17, 15) is 19.2 Å². The maximum absolute atomic E-state index is 13.8. The van der Waals surface area contributed by atoms with Gasteiger partial charge in [-0.25, -0.2) is 9.97 Å². The number of anilines is 2. The van der Waals surface area contributed by atoms with E-state index in [-0.39, 0.29) is 41.6 Å². The summed E-state index contributed by atoms with van der Waals surface area (Å²) in [5, 5.41) is 14.8. The van der Waals surface area contributed by atoms with Crippen LogP contribution in [0.25, 0.3) is 22.1 Å². The van der Waals surface area contributed by atoms with E-state index in [0.29, 0.717) is 95.4 Å². The average Bonchev–Trinajstić information content (AvgIpc) is 3.96. The van der Waals surface area contributed by atoms with Crippen molar-refractivity contribution < 1.29 is 28.7 Å². The summed E-state index contributed by atoms with van der Waals surface area (Å²) in [4.78, 5) is 63.8. The van der Waals surface area contributed by atoms with Crippen LogP contribution in [0.5, 0.6) is 11.5 Å². The van der Waals surface area contributed by atoms with E-state index in [2.05, 4.69) is 25.7 Å². The molecule has 5 heterocycles. The number of nitrogens with two attached hydrogens (primary N) is 2. The highest BCUT2D eigenvalue weighted by Crippen LogP contribution is 2.39. The molecule has 7 rings (SSSR count). The van der Waals surface area contributed by atoms with Crippen LogP contribution < -0.4 is 31.6 Å². The number of imidazole rings is 2. The first-order chi connectivity index (χ1) is 28.3. The molecule has 1 aliphatic heterocycles. The molecule has 1 aliphatic rings. The molecule has 19 heteroatoms. The molecule has 0 aliphatic carbocycles. The number of carbonyl (C=O) groups excluding carboxylic acids is 4. The van der Waals surface area contributed by atoms with Crippen molar-refractivity contribution in [2.75, 3.05) is 44.5 Å². The number of fused-ring (bicyclic) bond motifs is 1. The zero-order valence-corrected chi connectivity index (χ0v) is 34.0. The van der Waals surface area contributed by atoms with Crippen LogP contribution in [0.2, 0.25) is 0 Å². The zero-order valence-electron chi connectivity index (χ0n) is 34.0. The molecule has 0 spiro atoms. The van der Waals surface area contributed by atoms with Gasteiger partial charge in [-0.05, 0) is 97.5 Å². The smallest absolute Gasteiger partial charge is 0.276 e. The molecule has 2 aromatic carbocycles. The van der Waals surface area contributed by atoms with Gasteiger partial charge in [-0.2, -0.15) is 10.2 Å². The van der Waals surface area contributed by atoms with Crippen molar-refractivity contribution >= 4 is 57.6 Å². The number of ether oxygens (including phenoxy) is 2. The molecule has 310 valence electrons. The molecule has 0 saturated carbocycles. The molecule has 19 nitrogen and oxygen atoms in total. The Morgan fingerprint density at radius 3 is 1.98 bits per heavy atom. The van der Waals surface area contributed by atoms with Crippen LogP contribution in [0.15, 0.2) is 36.4 Å². The van der Waals surface area contributed by atoms with Crippen molar-refractivity contribution in [1.29, 1.82) is 0 Å². The summed E-state index contributed by atoms with van der Waals surface area (Å²) in [5.74, 6) is -0.721. The first-order valence-electron chi connectivity index (χ1n) is 19.6. The van der Waals surface area contributed by atoms with Gasteiger partial charge in [0.2, 0.25) is 23.7 Å². The van der Waals surface area contributed by atoms with Crippen molar-refractivity contribution in [1.82, 2.24) is 43.6 Å². The van der Waals surface area contributed by atoms with Crippen LogP contribution >= 0.6 is 0 Å². The van der Waals surface area contributed by atoms with Gasteiger partial charge < -0.3 is 35.0 Å². The van der Waals surface area contributed by atoms with Gasteiger partial charge in [0, 0.05) is 37.3 Å². The molecule has 4 aromatic heterocycles. The third-order valence-electron chi connectivity index (χ3n) is 10.2. The molecular weight excluding hydrogens is 759 g/mol. The number of rotatable bonds is 17. The minimum absolute atomic E-state index is 0.201. The Morgan fingerprint density at radius 1 is 0.814 bits per heavy atom. The fourth-order valence-electron chi connectivity index (χ4n) is 7.48. The van der Waals surface area contributed by atoms with Gasteiger partial charge in [0.05, 0.1) is 35.1 Å². The zero-order chi connectivity index (χ0) is 42.1. The first-order valence-corrected chi connectivity index (χ1v) is 19.6. The second-order valence-electron chi connectivity index (χ2n) is 14.8. The largest absolute Gasteiger partial charge is 0.491 e. The maximum Gasteiger partial charge on any atom is 0.276 e. The molecule has 0 bridgehead atoms. The quantitative estimate of drug-likeness (QED) is 0.0965. The van der Waals surface area contributed by atoms with E-state index in [1.165, 1.54) is 0 Å². The first kappa shape index (κ1) is 40.4. The summed E-state index contributed by atoms with van der Waals surface area (Å²) in [6.07, 6.45) is 1.76. The van der Waals surface area contributed by atoms with Crippen LogP contribution in [0, 0.1) is 13.8 Å². The summed E-state index contributed by atoms with van der Waals surface area (Å²) in [6.45, 7) is 10.1. The molecular formula is C40H49N13O6. The Labute approximate surface area is 339 Å². The molecule has 6 N–H and O–H groups in total. The fourth-order valence-corrected chi connectivity index (χ4v) is 7.48. The van der Waals surface area contributed by atoms with Crippen LogP contribution in [0.3, 0.4) is 0 Å². The van der Waals surface area contributed by atoms with Crippen LogP contribution in [0.1, 0.15) is 92.2 Å². The van der Waals surface area contributed by atoms with E-state index in [0.717, 1.165) is 13.0 Å². The van der Waals surface area contributed by atoms with Crippen molar-refractivity contribution in [3.8, 4) is 11.5 Å². The maximum atomic E-state index is 13.8. The monoisotopic (exact) mass is 807 g/mol. The van der Waals surface area contributed by atoms with E-state index < -0.39 is 17.7 Å². The molecule has 0 radical (unpaired) electrons. The fraction of sp³-hybridized carbons (Fsp3) is 0.400. The van der Waals surface area contributed by atoms with Gasteiger partial charge in [-0.3, -0.25) is 39.2 Å². The normalized spacial score (nSPS) is 13.6. The lowest BCUT2D eigenvalue weighted by Gasteiger charge is -2.27. The Hall–Kier alpha value is -6.76. The molecule has 0 saturated heterocycles. The standard InChI is InChI=1S/C40H49N13O6/c1-7-51-29(15-22(3)47-51)37(56)45-39-43-27-17-24(35(41)54)19-31(58-14-10-12-49(5)6)33(27)50(39)13-9-11-26-21-59-32-20-25(36(42)55)18-28-34(32)53(26)40(44-28)46-38(57)30-16-23(4)48-52(30)8-2/h15-20,26H,7-14,21H2,1-6H3,(H2,41,54)(H2,42,55)(H,43,45,56)(H,44,46,57)/t26-/m0/s1. The Morgan fingerprint density at radius 2 is 1.39 bits per heavy atom. The number of nitrogens with one attached hydrogen (secondary N) is 2. The van der Waals surface area contributed by atoms with E-state index in [4.69, 9.17) is 30.9 Å². The summed E-state index contributed by atoms with van der Waals surface area (Å²) in [6, 6.07) is 9.46. The lowest BCUT2D eigenvalue weighted by atomic mass is 10.1. The summed E-state index contributed by atoms with van der Waals surface area (Å²) >= 11 is 0. The molecule has 0 unspecified atom stereocenters. The molecule has 4 amide bonds. The van der Waals surface area contributed by atoms with Crippen molar-refractivity contribution in [2.45, 2.75) is 72.6 Å². The van der Waals surface area contributed by atoms with Crippen LogP contribution in [0.4, 0.5) is 11.9 Å². The molecule has 6 aromatic rings. The number of hydrogen-bond acceptors (Lipinski definition) is 11. The van der Waals surface area contributed by atoms with E-state index in [1.807, 2.05) is 50.9 Å². The van der Waals surface area contributed by atoms with Gasteiger partial charge in [-0.15, -0.1) is 0 Å². The molecule has 1 atom stereocenters. The van der Waals surface area contributed by atoms with Gasteiger partial charge in [0.25, 0.3) is 11.8 Å². The van der Waals surface area contributed by atoms with E-state index >= 15 is 0 Å². The predicted octanol–water partition coefficient (Wildman–Crippen LogP) is 3.88. The minimum Gasteiger partial charge on any atom is -0.491 e. The number of nitrogens with zero attached hydrogens (tertiary/aromatic N) is 9. The number of aryl methyl sites for hydroxylation is 5. The number of benzene rings is 2. The topological polar surface area (TPSA) is 237 Å². The summed E-state index contributed by atoms with van der Waals surface area (Å²) in [7, 11) is 3.95. The number of aromatic nitrogens is 8. The molecule has 59 heavy (non-hydrogen) atoms. The SMILES string of the molecule is CCn1nc(C)cc1C(=O)Nc1nc2cc(C(N)=O)cc(OCCCN(C)C)c2n1CCC[C@H]1COc2cc(C(N)=O)cc3nc(NC(=O)c4cc(C)nn4CC)n1c23. The van der Waals surface area contributed by atoms with Crippen LogP contribution in [-0.4, -0.2) is 101 Å². The molecule has 0 fully saturated rings. The van der Waals surface area contributed by atoms with Gasteiger partial charge in [0.15, 0.2) is 0 Å². The van der Waals surface area contributed by atoms with Crippen molar-refractivity contribution in [2.24, 2.45) is 11.5 Å². The second-order valence-corrected chi connectivity index (χ2v) is 14.8. The number of hydrogen-bond donors (Lipinski definition) is 4. The van der Waals surface area contributed by atoms with Gasteiger partial charge >= 0.3 is 0 Å². The van der Waals surface area contributed by atoms with Gasteiger partial charge in [-0.1, -0.05) is 0 Å². The second kappa shape index (κ2) is 16.6. The third kappa shape index (κ3) is 8.18. The van der Waals surface area contributed by atoms with Gasteiger partial charge in [0.1, 0.15) is 40.5 Å². The highest BCUT2D eigenvalue weighted by atomic mass is 16.5. The van der Waals surface area contributed by atoms with Crippen molar-refractivity contribution in [3.05, 3.63) is 70.3 Å². The highest BCUT2D eigenvalue weighted by Gasteiger charge is 2.30.